The van der Waals surface area contributed by atoms with Gasteiger partial charge >= 0.3 is 5.97 Å². The Labute approximate surface area is 119 Å². The van der Waals surface area contributed by atoms with Gasteiger partial charge in [0, 0.05) is 0 Å². The van der Waals surface area contributed by atoms with Gasteiger partial charge in [0.2, 0.25) is 5.76 Å². The lowest BCUT2D eigenvalue weighted by Gasteiger charge is -2.09. The highest BCUT2D eigenvalue weighted by Crippen LogP contribution is 2.19. The summed E-state index contributed by atoms with van der Waals surface area (Å²) in [4.78, 5) is 10.8. The number of hydrogen-bond donors (Lipinski definition) is 2. The fraction of sp³-hybridized carbons (Fsp3) is 0.0769. The number of anilines is 1. The molecule has 0 amide bonds. The highest BCUT2D eigenvalue weighted by atomic mass is 16.4. The Morgan fingerprint density at radius 3 is 2.86 bits per heavy atom. The van der Waals surface area contributed by atoms with E-state index in [-0.39, 0.29) is 5.76 Å². The minimum absolute atomic E-state index is 0.0828. The maximum absolute atomic E-state index is 10.8. The van der Waals surface area contributed by atoms with Gasteiger partial charge in [-0.3, -0.25) is 0 Å². The minimum Gasteiger partial charge on any atom is -0.475 e. The Hall–Kier alpha value is -3.16. The number of carboxylic acids is 1. The first-order valence-electron chi connectivity index (χ1n) is 6.12. The van der Waals surface area contributed by atoms with Crippen LogP contribution in [0.15, 0.2) is 47.1 Å². The van der Waals surface area contributed by atoms with Gasteiger partial charge in [-0.15, -0.1) is 5.10 Å². The molecular formula is C13H11N5O3. The summed E-state index contributed by atoms with van der Waals surface area (Å²) < 4.78 is 6.72. The molecule has 3 rings (SSSR count). The third kappa shape index (κ3) is 2.73. The van der Waals surface area contributed by atoms with E-state index in [4.69, 9.17) is 9.52 Å². The summed E-state index contributed by atoms with van der Waals surface area (Å²) in [7, 11) is 0. The van der Waals surface area contributed by atoms with Gasteiger partial charge in [-0.1, -0.05) is 12.1 Å². The van der Waals surface area contributed by atoms with Crippen molar-refractivity contribution in [2.75, 3.05) is 5.32 Å². The van der Waals surface area contributed by atoms with Crippen molar-refractivity contribution >= 4 is 11.7 Å². The molecule has 0 atom stereocenters. The minimum atomic E-state index is -1.09. The van der Waals surface area contributed by atoms with Gasteiger partial charge in [-0.25, -0.2) is 4.79 Å². The van der Waals surface area contributed by atoms with Gasteiger partial charge in [0.05, 0.1) is 17.9 Å². The van der Waals surface area contributed by atoms with Gasteiger partial charge in [0.15, 0.2) is 0 Å². The lowest BCUT2D eigenvalue weighted by Crippen LogP contribution is -2.04. The first-order valence-corrected chi connectivity index (χ1v) is 6.12. The molecule has 106 valence electrons. The number of carbonyl (C=O) groups is 1. The molecule has 0 radical (unpaired) electrons. The van der Waals surface area contributed by atoms with Crippen LogP contribution in [-0.2, 0) is 6.54 Å². The molecule has 0 aliphatic heterocycles. The van der Waals surface area contributed by atoms with Crippen LogP contribution in [-0.4, -0.2) is 31.3 Å². The average molecular weight is 285 g/mol. The van der Waals surface area contributed by atoms with Gasteiger partial charge in [0.25, 0.3) is 0 Å². The van der Waals surface area contributed by atoms with E-state index < -0.39 is 5.97 Å². The molecule has 0 saturated heterocycles. The number of hydrogen-bond acceptors (Lipinski definition) is 6. The van der Waals surface area contributed by atoms with Crippen molar-refractivity contribution in [2.45, 2.75) is 6.54 Å². The highest BCUT2D eigenvalue weighted by molar-refractivity contribution is 5.84. The number of nitrogens with zero attached hydrogens (tertiary/aromatic N) is 4. The summed E-state index contributed by atoms with van der Waals surface area (Å²) in [5.41, 5.74) is 1.59. The van der Waals surface area contributed by atoms with E-state index in [2.05, 4.69) is 20.8 Å². The van der Waals surface area contributed by atoms with Crippen LogP contribution in [0, 0.1) is 0 Å². The second-order valence-corrected chi connectivity index (χ2v) is 4.20. The van der Waals surface area contributed by atoms with Crippen LogP contribution in [0.4, 0.5) is 5.69 Å². The largest absolute Gasteiger partial charge is 0.475 e. The van der Waals surface area contributed by atoms with E-state index in [9.17, 15) is 4.79 Å². The van der Waals surface area contributed by atoms with Gasteiger partial charge in [-0.05, 0) is 34.7 Å². The second-order valence-electron chi connectivity index (χ2n) is 4.20. The number of rotatable bonds is 5. The molecule has 2 N–H and O–H groups in total. The predicted molar refractivity (Wildman–Crippen MR) is 72.1 cm³/mol. The zero-order valence-electron chi connectivity index (χ0n) is 10.8. The van der Waals surface area contributed by atoms with Crippen LogP contribution in [0.5, 0.6) is 0 Å². The third-order valence-electron chi connectivity index (χ3n) is 2.83. The Morgan fingerprint density at radius 1 is 1.29 bits per heavy atom. The molecule has 8 nitrogen and oxygen atoms in total. The molecule has 0 saturated carbocycles. The Morgan fingerprint density at radius 2 is 2.14 bits per heavy atom. The van der Waals surface area contributed by atoms with Crippen molar-refractivity contribution in [3.63, 3.8) is 0 Å². The number of carboxylic acid groups (broad SMARTS) is 1. The summed E-state index contributed by atoms with van der Waals surface area (Å²) in [5, 5.41) is 23.0. The summed E-state index contributed by atoms with van der Waals surface area (Å²) >= 11 is 0. The van der Waals surface area contributed by atoms with Crippen molar-refractivity contribution in [3.05, 3.63) is 54.2 Å². The fourth-order valence-corrected chi connectivity index (χ4v) is 1.86. The standard InChI is InChI=1S/C13H11N5O3/c19-13(20)12-6-5-9(21-12)7-14-10-3-1-2-4-11(10)18-8-15-16-17-18/h1-6,8,14H,7H2,(H,19,20). The quantitative estimate of drug-likeness (QED) is 0.732. The summed E-state index contributed by atoms with van der Waals surface area (Å²) in [6.07, 6.45) is 1.50. The van der Waals surface area contributed by atoms with E-state index >= 15 is 0 Å². The molecule has 0 fully saturated rings. The highest BCUT2D eigenvalue weighted by Gasteiger charge is 2.10. The van der Waals surface area contributed by atoms with E-state index in [1.54, 1.807) is 6.07 Å². The van der Waals surface area contributed by atoms with Gasteiger partial charge < -0.3 is 14.8 Å². The van der Waals surface area contributed by atoms with E-state index in [0.29, 0.717) is 12.3 Å². The second kappa shape index (κ2) is 5.45. The molecular weight excluding hydrogens is 274 g/mol. The molecule has 0 bridgehead atoms. The van der Waals surface area contributed by atoms with Crippen molar-refractivity contribution in [1.82, 2.24) is 20.2 Å². The molecule has 3 aromatic rings. The van der Waals surface area contributed by atoms with E-state index in [0.717, 1.165) is 11.4 Å². The number of para-hydroxylation sites is 2. The molecule has 0 spiro atoms. The van der Waals surface area contributed by atoms with Crippen molar-refractivity contribution in [3.8, 4) is 5.69 Å². The third-order valence-corrected chi connectivity index (χ3v) is 2.83. The average Bonchev–Trinajstić information content (AvgIpc) is 3.17. The number of benzene rings is 1. The lowest BCUT2D eigenvalue weighted by molar-refractivity contribution is 0.0660. The fourth-order valence-electron chi connectivity index (χ4n) is 1.86. The SMILES string of the molecule is O=C(O)c1ccc(CNc2ccccc2-n2cnnn2)o1. The first-order chi connectivity index (χ1) is 10.2. The first kappa shape index (κ1) is 12.9. The van der Waals surface area contributed by atoms with Gasteiger partial charge in [0.1, 0.15) is 12.1 Å². The molecule has 21 heavy (non-hydrogen) atoms. The maximum atomic E-state index is 10.8. The van der Waals surface area contributed by atoms with Crippen molar-refractivity contribution in [1.29, 1.82) is 0 Å². The number of furan rings is 1. The molecule has 2 aromatic heterocycles. The normalized spacial score (nSPS) is 10.5. The van der Waals surface area contributed by atoms with Crippen LogP contribution in [0.25, 0.3) is 5.69 Å². The lowest BCUT2D eigenvalue weighted by atomic mass is 10.2. The Kier molecular flexibility index (Phi) is 3.34. The predicted octanol–water partition coefficient (Wildman–Crippen LogP) is 1.57. The maximum Gasteiger partial charge on any atom is 0.371 e. The van der Waals surface area contributed by atoms with Crippen LogP contribution >= 0.6 is 0 Å². The number of nitrogens with one attached hydrogen (secondary N) is 1. The number of aromatic nitrogens is 4. The van der Waals surface area contributed by atoms with Crippen LogP contribution in [0.3, 0.4) is 0 Å². The topological polar surface area (TPSA) is 106 Å². The molecule has 0 unspecified atom stereocenters. The smallest absolute Gasteiger partial charge is 0.371 e. The van der Waals surface area contributed by atoms with Crippen LogP contribution in [0.2, 0.25) is 0 Å². The molecule has 8 heteroatoms. The summed E-state index contributed by atoms with van der Waals surface area (Å²) in [5.74, 6) is -0.644. The van der Waals surface area contributed by atoms with Crippen molar-refractivity contribution < 1.29 is 14.3 Å². The van der Waals surface area contributed by atoms with E-state index in [1.165, 1.54) is 17.1 Å². The molecule has 0 aliphatic rings. The number of aromatic carboxylic acids is 1. The summed E-state index contributed by atoms with van der Waals surface area (Å²) in [6, 6.07) is 10.5. The van der Waals surface area contributed by atoms with Crippen LogP contribution < -0.4 is 5.32 Å². The van der Waals surface area contributed by atoms with Crippen molar-refractivity contribution in [2.24, 2.45) is 0 Å². The summed E-state index contributed by atoms with van der Waals surface area (Å²) in [6.45, 7) is 0.354. The van der Waals surface area contributed by atoms with E-state index in [1.807, 2.05) is 24.3 Å². The Bertz CT molecular complexity index is 751. The zero-order chi connectivity index (χ0) is 14.7. The monoisotopic (exact) mass is 285 g/mol. The van der Waals surface area contributed by atoms with Gasteiger partial charge in [-0.2, -0.15) is 4.68 Å². The Balaban J connectivity index is 1.77. The number of tetrazole rings is 1. The zero-order valence-corrected chi connectivity index (χ0v) is 10.8. The molecule has 1 aromatic carbocycles. The molecule has 2 heterocycles. The molecule has 0 aliphatic carbocycles. The van der Waals surface area contributed by atoms with Crippen LogP contribution in [0.1, 0.15) is 16.3 Å².